The van der Waals surface area contributed by atoms with Crippen molar-refractivity contribution >= 4 is 5.91 Å². The van der Waals surface area contributed by atoms with Crippen molar-refractivity contribution in [3.05, 3.63) is 17.8 Å². The lowest BCUT2D eigenvalue weighted by Crippen LogP contribution is -2.52. The molecule has 1 aromatic heterocycles. The first-order valence-electron chi connectivity index (χ1n) is 7.50. The van der Waals surface area contributed by atoms with E-state index in [1.165, 1.54) is 6.39 Å². The highest BCUT2D eigenvalue weighted by atomic mass is 16.5. The monoisotopic (exact) mass is 295 g/mol. The Hall–Kier alpha value is -1.40. The highest BCUT2D eigenvalue weighted by Crippen LogP contribution is 2.20. The van der Waals surface area contributed by atoms with Crippen LogP contribution in [-0.4, -0.2) is 66.6 Å². The number of piperazine rings is 1. The lowest BCUT2D eigenvalue weighted by Gasteiger charge is -2.37. The Morgan fingerprint density at radius 2 is 2.00 bits per heavy atom. The largest absolute Gasteiger partial charge is 0.447 e. The van der Waals surface area contributed by atoms with E-state index in [4.69, 9.17) is 9.15 Å². The van der Waals surface area contributed by atoms with Crippen LogP contribution in [0.4, 0.5) is 0 Å². The third-order valence-electron chi connectivity index (χ3n) is 3.95. The van der Waals surface area contributed by atoms with Gasteiger partial charge < -0.3 is 14.1 Å². The van der Waals surface area contributed by atoms with Gasteiger partial charge in [0, 0.05) is 45.2 Å². The Kier molecular flexibility index (Phi) is 5.36. The lowest BCUT2D eigenvalue weighted by molar-refractivity contribution is 0.0443. The summed E-state index contributed by atoms with van der Waals surface area (Å²) in [5.41, 5.74) is 0.461. The van der Waals surface area contributed by atoms with Gasteiger partial charge in [0.15, 0.2) is 12.1 Å². The predicted molar refractivity (Wildman–Crippen MR) is 79.4 cm³/mol. The van der Waals surface area contributed by atoms with Crippen molar-refractivity contribution in [1.82, 2.24) is 14.8 Å². The third-order valence-corrected chi connectivity index (χ3v) is 3.95. The Balaban J connectivity index is 1.96. The molecule has 118 valence electrons. The van der Waals surface area contributed by atoms with Crippen LogP contribution in [0.2, 0.25) is 0 Å². The van der Waals surface area contributed by atoms with Crippen LogP contribution >= 0.6 is 0 Å². The van der Waals surface area contributed by atoms with E-state index < -0.39 is 0 Å². The number of hydrogen-bond acceptors (Lipinski definition) is 5. The first-order chi connectivity index (χ1) is 10.0. The smallest absolute Gasteiger partial charge is 0.276 e. The van der Waals surface area contributed by atoms with Crippen LogP contribution in [0.15, 0.2) is 10.8 Å². The van der Waals surface area contributed by atoms with Crippen LogP contribution < -0.4 is 0 Å². The zero-order valence-corrected chi connectivity index (χ0v) is 13.3. The Morgan fingerprint density at radius 3 is 2.57 bits per heavy atom. The average molecular weight is 295 g/mol. The van der Waals surface area contributed by atoms with E-state index in [1.807, 2.05) is 18.7 Å². The topological polar surface area (TPSA) is 58.8 Å². The summed E-state index contributed by atoms with van der Waals surface area (Å²) in [5.74, 6) is 0.816. The molecule has 0 aliphatic carbocycles. The van der Waals surface area contributed by atoms with E-state index in [9.17, 15) is 4.79 Å². The maximum Gasteiger partial charge on any atom is 0.276 e. The Labute approximate surface area is 126 Å². The summed E-state index contributed by atoms with van der Waals surface area (Å²) in [4.78, 5) is 20.9. The van der Waals surface area contributed by atoms with E-state index in [0.29, 0.717) is 24.1 Å². The molecule has 1 amide bonds. The van der Waals surface area contributed by atoms with Crippen LogP contribution in [0.25, 0.3) is 0 Å². The second kappa shape index (κ2) is 7.04. The number of aromatic nitrogens is 1. The summed E-state index contributed by atoms with van der Waals surface area (Å²) in [6, 6.07) is 0.380. The molecule has 6 nitrogen and oxygen atoms in total. The molecular weight excluding hydrogens is 270 g/mol. The van der Waals surface area contributed by atoms with E-state index >= 15 is 0 Å². The van der Waals surface area contributed by atoms with Crippen LogP contribution in [0.5, 0.6) is 0 Å². The van der Waals surface area contributed by atoms with Gasteiger partial charge >= 0.3 is 0 Å². The van der Waals surface area contributed by atoms with Gasteiger partial charge in [-0.1, -0.05) is 13.8 Å². The van der Waals surface area contributed by atoms with Gasteiger partial charge in [0.25, 0.3) is 5.91 Å². The second-order valence-corrected chi connectivity index (χ2v) is 5.85. The molecule has 0 N–H and O–H groups in total. The molecule has 1 unspecified atom stereocenters. The number of amides is 1. The highest BCUT2D eigenvalue weighted by Gasteiger charge is 2.28. The molecule has 1 aliphatic rings. The van der Waals surface area contributed by atoms with Gasteiger partial charge in [0.2, 0.25) is 0 Å². The summed E-state index contributed by atoms with van der Waals surface area (Å²) in [6.07, 6.45) is 1.36. The van der Waals surface area contributed by atoms with Crippen molar-refractivity contribution < 1.29 is 13.9 Å². The first kappa shape index (κ1) is 16.0. The Bertz CT molecular complexity index is 464. The number of nitrogens with zero attached hydrogens (tertiary/aromatic N) is 3. The second-order valence-electron chi connectivity index (χ2n) is 5.85. The van der Waals surface area contributed by atoms with Crippen molar-refractivity contribution in [2.75, 3.05) is 39.9 Å². The zero-order chi connectivity index (χ0) is 15.4. The average Bonchev–Trinajstić information content (AvgIpc) is 2.96. The fourth-order valence-corrected chi connectivity index (χ4v) is 2.69. The molecule has 1 aliphatic heterocycles. The normalized spacial score (nSPS) is 18.2. The van der Waals surface area contributed by atoms with Crippen molar-refractivity contribution in [1.29, 1.82) is 0 Å². The van der Waals surface area contributed by atoms with Gasteiger partial charge in [-0.05, 0) is 6.92 Å². The minimum absolute atomic E-state index is 0.0218. The molecule has 1 atom stereocenters. The van der Waals surface area contributed by atoms with Crippen LogP contribution in [0.3, 0.4) is 0 Å². The number of ether oxygens (including phenoxy) is 1. The van der Waals surface area contributed by atoms with Gasteiger partial charge in [-0.3, -0.25) is 9.69 Å². The molecule has 6 heteroatoms. The lowest BCUT2D eigenvalue weighted by atomic mass is 10.1. The number of rotatable bonds is 5. The molecule has 2 rings (SSSR count). The van der Waals surface area contributed by atoms with Crippen molar-refractivity contribution in [2.24, 2.45) is 0 Å². The highest BCUT2D eigenvalue weighted by molar-refractivity contribution is 5.93. The molecule has 0 bridgehead atoms. The van der Waals surface area contributed by atoms with E-state index in [-0.39, 0.29) is 11.8 Å². The Morgan fingerprint density at radius 1 is 1.33 bits per heavy atom. The summed E-state index contributed by atoms with van der Waals surface area (Å²) < 4.78 is 10.5. The fourth-order valence-electron chi connectivity index (χ4n) is 2.69. The summed E-state index contributed by atoms with van der Waals surface area (Å²) >= 11 is 0. The van der Waals surface area contributed by atoms with Crippen LogP contribution in [0, 0.1) is 0 Å². The van der Waals surface area contributed by atoms with Crippen molar-refractivity contribution in [3.8, 4) is 0 Å². The van der Waals surface area contributed by atoms with E-state index in [2.05, 4.69) is 16.8 Å². The first-order valence-corrected chi connectivity index (χ1v) is 7.50. The van der Waals surface area contributed by atoms with Gasteiger partial charge in [-0.15, -0.1) is 0 Å². The fraction of sp³-hybridized carbons (Fsp3) is 0.733. The molecule has 21 heavy (non-hydrogen) atoms. The predicted octanol–water partition coefficient (Wildman–Crippen LogP) is 1.59. The number of carbonyl (C=O) groups is 1. The molecule has 0 spiro atoms. The third kappa shape index (κ3) is 3.63. The SMILES string of the molecule is COCC(C)N1CCN(C(=O)c2ncoc2C(C)C)CC1. The van der Waals surface area contributed by atoms with Gasteiger partial charge in [0.05, 0.1) is 6.61 Å². The molecule has 0 saturated carbocycles. The van der Waals surface area contributed by atoms with E-state index in [1.54, 1.807) is 7.11 Å². The maximum atomic E-state index is 12.5. The van der Waals surface area contributed by atoms with Crippen molar-refractivity contribution in [3.63, 3.8) is 0 Å². The summed E-state index contributed by atoms with van der Waals surface area (Å²) in [6.45, 7) is 10.0. The molecule has 1 aromatic rings. The van der Waals surface area contributed by atoms with Gasteiger partial charge in [0.1, 0.15) is 5.76 Å². The molecule has 2 heterocycles. The minimum atomic E-state index is -0.0218. The molecule has 0 radical (unpaired) electrons. The molecule has 1 fully saturated rings. The zero-order valence-electron chi connectivity index (χ0n) is 13.3. The number of oxazole rings is 1. The number of hydrogen-bond donors (Lipinski definition) is 0. The standard InChI is InChI=1S/C15H25N3O3/c1-11(2)14-13(16-10-21-14)15(19)18-7-5-17(6-8-18)12(3)9-20-4/h10-12H,5-9H2,1-4H3. The van der Waals surface area contributed by atoms with Crippen LogP contribution in [-0.2, 0) is 4.74 Å². The van der Waals surface area contributed by atoms with E-state index in [0.717, 1.165) is 26.2 Å². The minimum Gasteiger partial charge on any atom is -0.447 e. The quantitative estimate of drug-likeness (QED) is 0.825. The van der Waals surface area contributed by atoms with Gasteiger partial charge in [-0.25, -0.2) is 4.98 Å². The molecule has 0 aromatic carbocycles. The van der Waals surface area contributed by atoms with Gasteiger partial charge in [-0.2, -0.15) is 0 Å². The maximum absolute atomic E-state index is 12.5. The van der Waals surface area contributed by atoms with Crippen LogP contribution in [0.1, 0.15) is 42.9 Å². The molecular formula is C15H25N3O3. The number of methoxy groups -OCH3 is 1. The summed E-state index contributed by atoms with van der Waals surface area (Å²) in [5, 5.41) is 0. The molecule has 1 saturated heterocycles. The summed E-state index contributed by atoms with van der Waals surface area (Å²) in [7, 11) is 1.72. The number of carbonyl (C=O) groups excluding carboxylic acids is 1. The van der Waals surface area contributed by atoms with Crippen molar-refractivity contribution in [2.45, 2.75) is 32.7 Å².